The van der Waals surface area contributed by atoms with E-state index in [4.69, 9.17) is 4.42 Å². The molecule has 1 aromatic rings. The molecule has 0 atom stereocenters. The third kappa shape index (κ3) is 4.64. The highest BCUT2D eigenvalue weighted by molar-refractivity contribution is 5.20. The maximum absolute atomic E-state index is 5.95. The molecule has 1 aromatic heterocycles. The average molecular weight is 278 g/mol. The summed E-state index contributed by atoms with van der Waals surface area (Å²) in [4.78, 5) is 2.54. The Bertz CT molecular complexity index is 407. The van der Waals surface area contributed by atoms with Crippen LogP contribution in [0.2, 0.25) is 0 Å². The summed E-state index contributed by atoms with van der Waals surface area (Å²) in [5.74, 6) is 3.11. The summed E-state index contributed by atoms with van der Waals surface area (Å²) < 4.78 is 5.95. The fraction of sp³-hybridized carbons (Fsp3) is 0.765. The SMILES string of the molecule is CCCNCc1cc(CN(CC2CC2)C(C)C)oc1C. The molecule has 114 valence electrons. The van der Waals surface area contributed by atoms with E-state index >= 15 is 0 Å². The third-order valence-electron chi connectivity index (χ3n) is 4.09. The minimum Gasteiger partial charge on any atom is -0.465 e. The van der Waals surface area contributed by atoms with Gasteiger partial charge in [-0.2, -0.15) is 0 Å². The summed E-state index contributed by atoms with van der Waals surface area (Å²) in [5.41, 5.74) is 1.31. The number of furan rings is 1. The van der Waals surface area contributed by atoms with Crippen LogP contribution in [0.25, 0.3) is 0 Å². The van der Waals surface area contributed by atoms with Crippen LogP contribution < -0.4 is 5.32 Å². The summed E-state index contributed by atoms with van der Waals surface area (Å²) in [6.45, 7) is 13.0. The molecule has 0 amide bonds. The van der Waals surface area contributed by atoms with Crippen molar-refractivity contribution in [1.29, 1.82) is 0 Å². The van der Waals surface area contributed by atoms with Gasteiger partial charge in [-0.05, 0) is 58.6 Å². The lowest BCUT2D eigenvalue weighted by molar-refractivity contribution is 0.187. The van der Waals surface area contributed by atoms with E-state index in [1.54, 1.807) is 0 Å². The van der Waals surface area contributed by atoms with Crippen molar-refractivity contribution in [2.75, 3.05) is 13.1 Å². The maximum atomic E-state index is 5.95. The van der Waals surface area contributed by atoms with Crippen molar-refractivity contribution in [3.8, 4) is 0 Å². The molecule has 1 fully saturated rings. The first-order valence-electron chi connectivity index (χ1n) is 8.13. The van der Waals surface area contributed by atoms with Crippen LogP contribution in [0, 0.1) is 12.8 Å². The zero-order valence-electron chi connectivity index (χ0n) is 13.5. The molecule has 0 aliphatic heterocycles. The molecular weight excluding hydrogens is 248 g/mol. The molecule has 0 spiro atoms. The second-order valence-electron chi connectivity index (χ2n) is 6.44. The van der Waals surface area contributed by atoms with Gasteiger partial charge in [-0.3, -0.25) is 4.90 Å². The fourth-order valence-corrected chi connectivity index (χ4v) is 2.53. The van der Waals surface area contributed by atoms with E-state index in [1.165, 1.54) is 31.4 Å². The average Bonchev–Trinajstić information content (AvgIpc) is 3.14. The lowest BCUT2D eigenvalue weighted by Gasteiger charge is -2.25. The Morgan fingerprint density at radius 3 is 2.75 bits per heavy atom. The standard InChI is InChI=1S/C17H30N2O/c1-5-8-18-10-16-9-17(20-14(16)4)12-19(13(2)3)11-15-6-7-15/h9,13,15,18H,5-8,10-12H2,1-4H3. The van der Waals surface area contributed by atoms with Crippen molar-refractivity contribution >= 4 is 0 Å². The maximum Gasteiger partial charge on any atom is 0.118 e. The molecule has 1 N–H and O–H groups in total. The van der Waals surface area contributed by atoms with Gasteiger partial charge in [0.1, 0.15) is 11.5 Å². The van der Waals surface area contributed by atoms with Crippen molar-refractivity contribution in [2.45, 2.75) is 66.1 Å². The lowest BCUT2D eigenvalue weighted by Crippen LogP contribution is -2.32. The second-order valence-corrected chi connectivity index (χ2v) is 6.44. The molecule has 0 unspecified atom stereocenters. The third-order valence-corrected chi connectivity index (χ3v) is 4.09. The molecule has 1 aliphatic carbocycles. The summed E-state index contributed by atoms with van der Waals surface area (Å²) in [6.07, 6.45) is 3.99. The van der Waals surface area contributed by atoms with E-state index in [-0.39, 0.29) is 0 Å². The number of rotatable bonds is 9. The summed E-state index contributed by atoms with van der Waals surface area (Å²) in [7, 11) is 0. The van der Waals surface area contributed by atoms with Crippen LogP contribution in [-0.4, -0.2) is 24.0 Å². The summed E-state index contributed by atoms with van der Waals surface area (Å²) >= 11 is 0. The van der Waals surface area contributed by atoms with Crippen LogP contribution in [0.1, 0.15) is 57.1 Å². The molecule has 3 nitrogen and oxygen atoms in total. The van der Waals surface area contributed by atoms with E-state index in [2.05, 4.69) is 44.0 Å². The Hall–Kier alpha value is -0.800. The van der Waals surface area contributed by atoms with Gasteiger partial charge in [-0.15, -0.1) is 0 Å². The zero-order valence-corrected chi connectivity index (χ0v) is 13.5. The van der Waals surface area contributed by atoms with Gasteiger partial charge < -0.3 is 9.73 Å². The Labute approximate surface area is 123 Å². The highest BCUT2D eigenvalue weighted by atomic mass is 16.3. The van der Waals surface area contributed by atoms with Gasteiger partial charge in [-0.1, -0.05) is 6.92 Å². The van der Waals surface area contributed by atoms with Crippen LogP contribution in [0.5, 0.6) is 0 Å². The zero-order chi connectivity index (χ0) is 14.5. The normalized spacial score (nSPS) is 15.5. The van der Waals surface area contributed by atoms with Crippen LogP contribution in [-0.2, 0) is 13.1 Å². The first-order chi connectivity index (χ1) is 9.60. The minimum absolute atomic E-state index is 0.586. The van der Waals surface area contributed by atoms with Crippen molar-refractivity contribution in [3.63, 3.8) is 0 Å². The monoisotopic (exact) mass is 278 g/mol. The van der Waals surface area contributed by atoms with Gasteiger partial charge >= 0.3 is 0 Å². The lowest BCUT2D eigenvalue weighted by atomic mass is 10.2. The van der Waals surface area contributed by atoms with Crippen LogP contribution >= 0.6 is 0 Å². The summed E-state index contributed by atoms with van der Waals surface area (Å²) in [6, 6.07) is 2.82. The Morgan fingerprint density at radius 2 is 2.15 bits per heavy atom. The highest BCUT2D eigenvalue weighted by Crippen LogP contribution is 2.31. The molecule has 0 radical (unpaired) electrons. The molecule has 1 saturated carbocycles. The van der Waals surface area contributed by atoms with E-state index in [0.717, 1.165) is 37.1 Å². The van der Waals surface area contributed by atoms with Gasteiger partial charge in [0, 0.05) is 24.7 Å². The Kier molecular flexibility index (Phi) is 5.67. The van der Waals surface area contributed by atoms with Gasteiger partial charge in [-0.25, -0.2) is 0 Å². The predicted molar refractivity (Wildman–Crippen MR) is 83.7 cm³/mol. The topological polar surface area (TPSA) is 28.4 Å². The highest BCUT2D eigenvalue weighted by Gasteiger charge is 2.26. The van der Waals surface area contributed by atoms with Gasteiger partial charge in [0.25, 0.3) is 0 Å². The predicted octanol–water partition coefficient (Wildman–Crippen LogP) is 3.71. The number of nitrogens with one attached hydrogen (secondary N) is 1. The van der Waals surface area contributed by atoms with Crippen LogP contribution in [0.3, 0.4) is 0 Å². The first kappa shape index (κ1) is 15.6. The van der Waals surface area contributed by atoms with Crippen molar-refractivity contribution < 1.29 is 4.42 Å². The molecule has 20 heavy (non-hydrogen) atoms. The van der Waals surface area contributed by atoms with E-state index < -0.39 is 0 Å². The molecule has 1 aliphatic rings. The molecule has 3 heteroatoms. The molecule has 1 heterocycles. The van der Waals surface area contributed by atoms with Crippen molar-refractivity contribution in [3.05, 3.63) is 23.2 Å². The molecule has 0 aromatic carbocycles. The van der Waals surface area contributed by atoms with Gasteiger partial charge in [0.15, 0.2) is 0 Å². The fourth-order valence-electron chi connectivity index (χ4n) is 2.53. The van der Waals surface area contributed by atoms with Gasteiger partial charge in [0.2, 0.25) is 0 Å². The Balaban J connectivity index is 1.91. The number of hydrogen-bond acceptors (Lipinski definition) is 3. The first-order valence-corrected chi connectivity index (χ1v) is 8.13. The molecule has 0 bridgehead atoms. The summed E-state index contributed by atoms with van der Waals surface area (Å²) in [5, 5.41) is 3.45. The minimum atomic E-state index is 0.586. The molecule has 0 saturated heterocycles. The second kappa shape index (κ2) is 7.28. The van der Waals surface area contributed by atoms with Crippen LogP contribution in [0.15, 0.2) is 10.5 Å². The molecular formula is C17H30N2O. The van der Waals surface area contributed by atoms with Gasteiger partial charge in [0.05, 0.1) is 6.54 Å². The van der Waals surface area contributed by atoms with E-state index in [0.29, 0.717) is 6.04 Å². The smallest absolute Gasteiger partial charge is 0.118 e. The number of hydrogen-bond donors (Lipinski definition) is 1. The van der Waals surface area contributed by atoms with Crippen molar-refractivity contribution in [1.82, 2.24) is 10.2 Å². The van der Waals surface area contributed by atoms with E-state index in [9.17, 15) is 0 Å². The number of nitrogens with zero attached hydrogens (tertiary/aromatic N) is 1. The number of aryl methyl sites for hydroxylation is 1. The van der Waals surface area contributed by atoms with Crippen LogP contribution in [0.4, 0.5) is 0 Å². The quantitative estimate of drug-likeness (QED) is 0.698. The molecule has 2 rings (SSSR count). The largest absolute Gasteiger partial charge is 0.465 e. The van der Waals surface area contributed by atoms with E-state index in [1.807, 2.05) is 0 Å². The Morgan fingerprint density at radius 1 is 1.40 bits per heavy atom. The van der Waals surface area contributed by atoms with Crippen molar-refractivity contribution in [2.24, 2.45) is 5.92 Å².